The number of fused-ring (bicyclic) bond motifs is 1. The van der Waals surface area contributed by atoms with E-state index in [0.29, 0.717) is 21.5 Å². The van der Waals surface area contributed by atoms with Crippen molar-refractivity contribution in [3.63, 3.8) is 0 Å². The monoisotopic (exact) mass is 401 g/mol. The fraction of sp³-hybridized carbons (Fsp3) is 0.0588. The molecule has 3 aromatic heterocycles. The Morgan fingerprint density at radius 1 is 1.15 bits per heavy atom. The summed E-state index contributed by atoms with van der Waals surface area (Å²) >= 11 is 6.04. The number of benzene rings is 1. The van der Waals surface area contributed by atoms with Gasteiger partial charge in [0, 0.05) is 17.1 Å². The summed E-state index contributed by atoms with van der Waals surface area (Å²) in [5.74, 6) is 0. The van der Waals surface area contributed by atoms with Crippen LogP contribution in [0.1, 0.15) is 5.56 Å². The van der Waals surface area contributed by atoms with E-state index in [1.165, 1.54) is 41.3 Å². The lowest BCUT2D eigenvalue weighted by Gasteiger charge is -2.08. The molecule has 0 fully saturated rings. The van der Waals surface area contributed by atoms with Crippen molar-refractivity contribution in [2.45, 2.75) is 16.5 Å². The van der Waals surface area contributed by atoms with Gasteiger partial charge in [0.15, 0.2) is 5.03 Å². The Balaban J connectivity index is 1.77. The highest BCUT2D eigenvalue weighted by Gasteiger charge is 2.20. The van der Waals surface area contributed by atoms with Crippen LogP contribution in [0.25, 0.3) is 10.8 Å². The fourth-order valence-corrected chi connectivity index (χ4v) is 4.04. The van der Waals surface area contributed by atoms with Crippen LogP contribution in [0.5, 0.6) is 0 Å². The molecule has 0 unspecified atom stereocenters. The summed E-state index contributed by atoms with van der Waals surface area (Å²) in [7, 11) is -3.74. The van der Waals surface area contributed by atoms with E-state index in [1.807, 2.05) is 0 Å². The predicted molar refractivity (Wildman–Crippen MR) is 98.4 cm³/mol. The van der Waals surface area contributed by atoms with Gasteiger partial charge in [-0.1, -0.05) is 17.7 Å². The van der Waals surface area contributed by atoms with Gasteiger partial charge in [-0.15, -0.1) is 0 Å². The van der Waals surface area contributed by atoms with Gasteiger partial charge in [-0.2, -0.15) is 10.2 Å². The van der Waals surface area contributed by atoms with E-state index < -0.39 is 9.84 Å². The highest BCUT2D eigenvalue weighted by Crippen LogP contribution is 2.22. The molecule has 0 aliphatic heterocycles. The highest BCUT2D eigenvalue weighted by molar-refractivity contribution is 7.91. The van der Waals surface area contributed by atoms with Crippen molar-refractivity contribution in [2.24, 2.45) is 0 Å². The summed E-state index contributed by atoms with van der Waals surface area (Å²) in [6.45, 7) is 0.162. The third-order valence-electron chi connectivity index (χ3n) is 4.06. The molecule has 0 spiro atoms. The van der Waals surface area contributed by atoms with Gasteiger partial charge in [0.05, 0.1) is 29.2 Å². The molecule has 4 rings (SSSR count). The van der Waals surface area contributed by atoms with Crippen molar-refractivity contribution in [3.8, 4) is 0 Å². The molecule has 136 valence electrons. The largest absolute Gasteiger partial charge is 0.274 e. The van der Waals surface area contributed by atoms with E-state index in [1.54, 1.807) is 18.3 Å². The number of pyridine rings is 1. The van der Waals surface area contributed by atoms with E-state index in [-0.39, 0.29) is 22.0 Å². The van der Waals surface area contributed by atoms with Crippen LogP contribution in [0.2, 0.25) is 5.15 Å². The Labute approximate surface area is 158 Å². The number of halogens is 1. The minimum Gasteiger partial charge on any atom is -0.267 e. The Kier molecular flexibility index (Phi) is 4.25. The number of H-pyrrole nitrogens is 1. The Bertz CT molecular complexity index is 1300. The number of rotatable bonds is 4. The average Bonchev–Trinajstić information content (AvgIpc) is 3.21. The van der Waals surface area contributed by atoms with E-state index in [0.717, 1.165) is 0 Å². The Morgan fingerprint density at radius 2 is 2.00 bits per heavy atom. The molecule has 0 aliphatic carbocycles. The molecule has 27 heavy (non-hydrogen) atoms. The molecular weight excluding hydrogens is 390 g/mol. The average molecular weight is 402 g/mol. The third kappa shape index (κ3) is 3.11. The SMILES string of the molecule is O=c1c2ccc(S(=O)(=O)c3ccn[nH]3)cc2cnn1Cc1cccnc1Cl. The van der Waals surface area contributed by atoms with Crippen LogP contribution in [-0.4, -0.2) is 33.4 Å². The van der Waals surface area contributed by atoms with Crippen LogP contribution in [0.3, 0.4) is 0 Å². The van der Waals surface area contributed by atoms with Crippen LogP contribution in [-0.2, 0) is 16.4 Å². The van der Waals surface area contributed by atoms with Gasteiger partial charge in [-0.25, -0.2) is 18.1 Å². The Hall–Kier alpha value is -3.04. The van der Waals surface area contributed by atoms with Gasteiger partial charge in [-0.3, -0.25) is 9.89 Å². The third-order valence-corrected chi connectivity index (χ3v) is 6.08. The summed E-state index contributed by atoms with van der Waals surface area (Å²) in [5.41, 5.74) is 0.310. The molecule has 0 radical (unpaired) electrons. The quantitative estimate of drug-likeness (QED) is 0.524. The maximum atomic E-state index is 12.7. The van der Waals surface area contributed by atoms with Crippen molar-refractivity contribution in [1.82, 2.24) is 25.0 Å². The second-order valence-electron chi connectivity index (χ2n) is 5.73. The van der Waals surface area contributed by atoms with Gasteiger partial charge in [0.25, 0.3) is 5.56 Å². The van der Waals surface area contributed by atoms with Crippen molar-refractivity contribution in [3.05, 3.63) is 76.1 Å². The number of nitrogens with zero attached hydrogens (tertiary/aromatic N) is 4. The maximum absolute atomic E-state index is 12.7. The Morgan fingerprint density at radius 3 is 2.74 bits per heavy atom. The topological polar surface area (TPSA) is 111 Å². The first-order chi connectivity index (χ1) is 13.0. The summed E-state index contributed by atoms with van der Waals surface area (Å²) < 4.78 is 26.4. The molecule has 0 bridgehead atoms. The minimum atomic E-state index is -3.74. The first-order valence-electron chi connectivity index (χ1n) is 7.80. The molecule has 0 saturated carbocycles. The number of sulfone groups is 1. The van der Waals surface area contributed by atoms with E-state index in [9.17, 15) is 13.2 Å². The van der Waals surface area contributed by atoms with Crippen LogP contribution in [0, 0.1) is 0 Å². The van der Waals surface area contributed by atoms with Crippen molar-refractivity contribution < 1.29 is 8.42 Å². The van der Waals surface area contributed by atoms with Crippen LogP contribution >= 0.6 is 11.6 Å². The molecule has 3 heterocycles. The summed E-state index contributed by atoms with van der Waals surface area (Å²) in [5, 5.41) is 11.3. The first kappa shape index (κ1) is 17.4. The van der Waals surface area contributed by atoms with E-state index in [4.69, 9.17) is 11.6 Å². The number of hydrogen-bond acceptors (Lipinski definition) is 6. The molecule has 0 atom stereocenters. The lowest BCUT2D eigenvalue weighted by atomic mass is 10.2. The van der Waals surface area contributed by atoms with E-state index in [2.05, 4.69) is 20.3 Å². The van der Waals surface area contributed by atoms with Gasteiger partial charge >= 0.3 is 0 Å². The molecule has 0 saturated heterocycles. The zero-order chi connectivity index (χ0) is 19.0. The lowest BCUT2D eigenvalue weighted by Crippen LogP contribution is -2.23. The summed E-state index contributed by atoms with van der Waals surface area (Å²) in [6, 6.07) is 9.13. The zero-order valence-electron chi connectivity index (χ0n) is 13.7. The number of nitrogens with one attached hydrogen (secondary N) is 1. The zero-order valence-corrected chi connectivity index (χ0v) is 15.3. The van der Waals surface area contributed by atoms with Gasteiger partial charge < -0.3 is 0 Å². The number of hydrogen-bond donors (Lipinski definition) is 1. The summed E-state index contributed by atoms with van der Waals surface area (Å²) in [4.78, 5) is 16.7. The molecular formula is C17H12ClN5O3S. The fourth-order valence-electron chi connectivity index (χ4n) is 2.66. The highest BCUT2D eigenvalue weighted by atomic mass is 35.5. The molecule has 0 amide bonds. The minimum absolute atomic E-state index is 0.0191. The van der Waals surface area contributed by atoms with Gasteiger partial charge in [0.1, 0.15) is 5.15 Å². The molecule has 10 heteroatoms. The smallest absolute Gasteiger partial charge is 0.267 e. The van der Waals surface area contributed by atoms with E-state index >= 15 is 0 Å². The molecule has 0 aliphatic rings. The molecule has 1 N–H and O–H groups in total. The van der Waals surface area contributed by atoms with Crippen LogP contribution in [0.15, 0.2) is 69.7 Å². The maximum Gasteiger partial charge on any atom is 0.274 e. The predicted octanol–water partition coefficient (Wildman–Crippen LogP) is 2.05. The second-order valence-corrected chi connectivity index (χ2v) is 8.01. The second kappa shape index (κ2) is 6.60. The van der Waals surface area contributed by atoms with Crippen molar-refractivity contribution in [1.29, 1.82) is 0 Å². The van der Waals surface area contributed by atoms with Crippen LogP contribution < -0.4 is 5.56 Å². The molecule has 8 nitrogen and oxygen atoms in total. The standard InChI is InChI=1S/C17H12ClN5O3S/c18-16-11(2-1-6-19-16)10-23-17(24)14-4-3-13(8-12(14)9-21-23)27(25,26)15-5-7-20-22-15/h1-9H,10H2,(H,20,22). The molecule has 4 aromatic rings. The van der Waals surface area contributed by atoms with Crippen molar-refractivity contribution >= 4 is 32.2 Å². The number of aromatic nitrogens is 5. The normalized spacial score (nSPS) is 11.7. The van der Waals surface area contributed by atoms with Gasteiger partial charge in [-0.05, 0) is 30.3 Å². The molecule has 1 aromatic carbocycles. The number of aromatic amines is 1. The summed E-state index contributed by atoms with van der Waals surface area (Å²) in [6.07, 6.45) is 4.37. The van der Waals surface area contributed by atoms with Crippen molar-refractivity contribution in [2.75, 3.05) is 0 Å². The lowest BCUT2D eigenvalue weighted by molar-refractivity contribution is 0.592. The van der Waals surface area contributed by atoms with Gasteiger partial charge in [0.2, 0.25) is 9.84 Å². The first-order valence-corrected chi connectivity index (χ1v) is 9.67. The van der Waals surface area contributed by atoms with Crippen LogP contribution in [0.4, 0.5) is 0 Å².